The average Bonchev–Trinajstić information content (AvgIpc) is 2.54. The summed E-state index contributed by atoms with van der Waals surface area (Å²) >= 11 is 0. The maximum absolute atomic E-state index is 10.9. The Labute approximate surface area is 128 Å². The van der Waals surface area contributed by atoms with Crippen LogP contribution in [-0.4, -0.2) is 5.11 Å². The van der Waals surface area contributed by atoms with Crippen molar-refractivity contribution in [2.24, 2.45) is 17.3 Å². The molecule has 1 aliphatic rings. The van der Waals surface area contributed by atoms with E-state index in [-0.39, 0.29) is 0 Å². The molecule has 1 fully saturated rings. The summed E-state index contributed by atoms with van der Waals surface area (Å²) in [6, 6.07) is 10.5. The van der Waals surface area contributed by atoms with Crippen molar-refractivity contribution < 1.29 is 5.11 Å². The van der Waals surface area contributed by atoms with Crippen molar-refractivity contribution in [2.75, 3.05) is 0 Å². The van der Waals surface area contributed by atoms with Gasteiger partial charge in [-0.25, -0.2) is 0 Å². The average molecular weight is 285 g/mol. The summed E-state index contributed by atoms with van der Waals surface area (Å²) in [4.78, 5) is 0. The van der Waals surface area contributed by atoms with Crippen LogP contribution in [0.15, 0.2) is 24.3 Å². The number of nitriles is 1. The van der Waals surface area contributed by atoms with Crippen molar-refractivity contribution in [3.63, 3.8) is 0 Å². The fraction of sp³-hybridized carbons (Fsp3) is 0.632. The van der Waals surface area contributed by atoms with Crippen LogP contribution in [0.1, 0.15) is 63.7 Å². The van der Waals surface area contributed by atoms with Gasteiger partial charge in [0.2, 0.25) is 0 Å². The number of benzene rings is 1. The molecular formula is C19H27NO. The van der Waals surface area contributed by atoms with Crippen molar-refractivity contribution in [2.45, 2.75) is 59.0 Å². The summed E-state index contributed by atoms with van der Waals surface area (Å²) in [7, 11) is 0. The summed E-state index contributed by atoms with van der Waals surface area (Å²) in [5.41, 5.74) is 1.51. The number of hydrogen-bond acceptors (Lipinski definition) is 2. The molecule has 21 heavy (non-hydrogen) atoms. The number of aliphatic hydroxyl groups is 1. The third-order valence-electron chi connectivity index (χ3n) is 5.34. The molecule has 0 radical (unpaired) electrons. The smallest absolute Gasteiger partial charge is 0.0978 e. The van der Waals surface area contributed by atoms with E-state index in [0.717, 1.165) is 43.2 Å². The van der Waals surface area contributed by atoms with Gasteiger partial charge in [0.1, 0.15) is 0 Å². The molecule has 1 N–H and O–H groups in total. The van der Waals surface area contributed by atoms with E-state index in [4.69, 9.17) is 0 Å². The molecule has 0 bridgehead atoms. The Hall–Kier alpha value is -1.33. The van der Waals surface area contributed by atoms with E-state index in [1.807, 2.05) is 18.2 Å². The molecule has 1 atom stereocenters. The van der Waals surface area contributed by atoms with Crippen molar-refractivity contribution in [3.05, 3.63) is 35.4 Å². The van der Waals surface area contributed by atoms with Crippen LogP contribution < -0.4 is 0 Å². The molecule has 0 aliphatic heterocycles. The summed E-state index contributed by atoms with van der Waals surface area (Å²) in [5, 5.41) is 20.7. The minimum absolute atomic E-state index is 0.601. The van der Waals surface area contributed by atoms with Crippen molar-refractivity contribution in [1.82, 2.24) is 0 Å². The first-order chi connectivity index (χ1) is 10.0. The predicted molar refractivity (Wildman–Crippen MR) is 85.6 cm³/mol. The normalized spacial score (nSPS) is 27.3. The van der Waals surface area contributed by atoms with E-state index in [1.54, 1.807) is 0 Å². The molecule has 1 aliphatic carbocycles. The van der Waals surface area contributed by atoms with E-state index >= 15 is 0 Å². The Morgan fingerprint density at radius 1 is 1.29 bits per heavy atom. The summed E-state index contributed by atoms with van der Waals surface area (Å²) in [5.74, 6) is 1.36. The SMILES string of the molecule is CCc1ccccc1C(O)C1(C#N)CCC(C(C)C)CC1. The second-order valence-electron chi connectivity index (χ2n) is 6.80. The highest BCUT2D eigenvalue weighted by atomic mass is 16.3. The zero-order valence-corrected chi connectivity index (χ0v) is 13.5. The van der Waals surface area contributed by atoms with Crippen molar-refractivity contribution in [3.8, 4) is 6.07 Å². The van der Waals surface area contributed by atoms with Gasteiger partial charge in [-0.1, -0.05) is 45.0 Å². The minimum Gasteiger partial charge on any atom is -0.387 e. The summed E-state index contributed by atoms with van der Waals surface area (Å²) in [6.45, 7) is 6.61. The van der Waals surface area contributed by atoms with E-state index in [0.29, 0.717) is 11.8 Å². The molecule has 0 aromatic heterocycles. The largest absolute Gasteiger partial charge is 0.387 e. The van der Waals surface area contributed by atoms with Crippen LogP contribution in [0.3, 0.4) is 0 Å². The first-order valence-electron chi connectivity index (χ1n) is 8.21. The molecule has 2 nitrogen and oxygen atoms in total. The van der Waals surface area contributed by atoms with Gasteiger partial charge in [-0.05, 0) is 55.1 Å². The van der Waals surface area contributed by atoms with Gasteiger partial charge >= 0.3 is 0 Å². The van der Waals surface area contributed by atoms with Crippen LogP contribution in [0.4, 0.5) is 0 Å². The third-order valence-corrected chi connectivity index (χ3v) is 5.34. The molecule has 1 unspecified atom stereocenters. The van der Waals surface area contributed by atoms with E-state index < -0.39 is 11.5 Å². The summed E-state index contributed by atoms with van der Waals surface area (Å²) < 4.78 is 0. The van der Waals surface area contributed by atoms with Crippen molar-refractivity contribution >= 4 is 0 Å². The maximum atomic E-state index is 10.9. The van der Waals surface area contributed by atoms with Crippen LogP contribution >= 0.6 is 0 Å². The van der Waals surface area contributed by atoms with Crippen molar-refractivity contribution in [1.29, 1.82) is 5.26 Å². The zero-order valence-electron chi connectivity index (χ0n) is 13.5. The van der Waals surface area contributed by atoms with Crippen LogP contribution in [-0.2, 0) is 6.42 Å². The predicted octanol–water partition coefficient (Wildman–Crippen LogP) is 4.64. The molecule has 0 spiro atoms. The first-order valence-corrected chi connectivity index (χ1v) is 8.21. The Morgan fingerprint density at radius 2 is 1.90 bits per heavy atom. The number of hydrogen-bond donors (Lipinski definition) is 1. The molecule has 1 saturated carbocycles. The monoisotopic (exact) mass is 285 g/mol. The van der Waals surface area contributed by atoms with Crippen LogP contribution in [0, 0.1) is 28.6 Å². The van der Waals surface area contributed by atoms with Gasteiger partial charge in [-0.15, -0.1) is 0 Å². The Morgan fingerprint density at radius 3 is 2.43 bits per heavy atom. The molecular weight excluding hydrogens is 258 g/mol. The number of aryl methyl sites for hydroxylation is 1. The summed E-state index contributed by atoms with van der Waals surface area (Å²) in [6.07, 6.45) is 3.96. The molecule has 2 rings (SSSR count). The molecule has 0 heterocycles. The van der Waals surface area contributed by atoms with Gasteiger partial charge in [0.05, 0.1) is 17.6 Å². The Kier molecular flexibility index (Phi) is 5.06. The lowest BCUT2D eigenvalue weighted by molar-refractivity contribution is 0.0185. The first kappa shape index (κ1) is 16.0. The van der Waals surface area contributed by atoms with Gasteiger partial charge in [0.25, 0.3) is 0 Å². The number of aliphatic hydroxyl groups excluding tert-OH is 1. The molecule has 114 valence electrons. The highest BCUT2D eigenvalue weighted by molar-refractivity contribution is 5.32. The molecule has 0 saturated heterocycles. The number of rotatable bonds is 4. The fourth-order valence-electron chi connectivity index (χ4n) is 3.69. The fourth-order valence-corrected chi connectivity index (χ4v) is 3.69. The number of nitrogens with zero attached hydrogens (tertiary/aromatic N) is 1. The van der Waals surface area contributed by atoms with Crippen LogP contribution in [0.25, 0.3) is 0 Å². The topological polar surface area (TPSA) is 44.0 Å². The van der Waals surface area contributed by atoms with E-state index in [2.05, 4.69) is 32.9 Å². The van der Waals surface area contributed by atoms with Gasteiger partial charge in [0, 0.05) is 0 Å². The van der Waals surface area contributed by atoms with Gasteiger partial charge in [0.15, 0.2) is 0 Å². The third kappa shape index (κ3) is 3.14. The maximum Gasteiger partial charge on any atom is 0.0978 e. The van der Waals surface area contributed by atoms with Gasteiger partial charge in [-0.3, -0.25) is 0 Å². The Bertz CT molecular complexity index is 507. The lowest BCUT2D eigenvalue weighted by atomic mass is 9.64. The Balaban J connectivity index is 2.24. The lowest BCUT2D eigenvalue weighted by Crippen LogP contribution is -2.34. The molecule has 1 aromatic rings. The lowest BCUT2D eigenvalue weighted by Gasteiger charge is -2.40. The van der Waals surface area contributed by atoms with Gasteiger partial charge in [-0.2, -0.15) is 5.26 Å². The second kappa shape index (κ2) is 6.62. The van der Waals surface area contributed by atoms with E-state index in [9.17, 15) is 10.4 Å². The molecule has 1 aromatic carbocycles. The standard InChI is InChI=1S/C19H27NO/c1-4-15-7-5-6-8-17(15)18(21)19(13-20)11-9-16(10-12-19)14(2)3/h5-8,14,16,18,21H,4,9-12H2,1-3H3. The zero-order chi connectivity index (χ0) is 15.5. The minimum atomic E-state index is -0.660. The molecule has 0 amide bonds. The van der Waals surface area contributed by atoms with Crippen LogP contribution in [0.5, 0.6) is 0 Å². The molecule has 2 heteroatoms. The highest BCUT2D eigenvalue weighted by Gasteiger charge is 2.43. The highest BCUT2D eigenvalue weighted by Crippen LogP contribution is 2.49. The quantitative estimate of drug-likeness (QED) is 0.876. The van der Waals surface area contributed by atoms with Crippen LogP contribution in [0.2, 0.25) is 0 Å². The van der Waals surface area contributed by atoms with E-state index in [1.165, 1.54) is 0 Å². The second-order valence-corrected chi connectivity index (χ2v) is 6.80. The van der Waals surface area contributed by atoms with Gasteiger partial charge < -0.3 is 5.11 Å².